The molecule has 2 heterocycles. The molecule has 0 saturated carbocycles. The Hall–Kier alpha value is -1.75. The minimum absolute atomic E-state index is 0.303. The van der Waals surface area contributed by atoms with Crippen LogP contribution < -0.4 is 5.32 Å². The zero-order valence-electron chi connectivity index (χ0n) is 9.99. The van der Waals surface area contributed by atoms with Crippen LogP contribution in [0.15, 0.2) is 24.7 Å². The van der Waals surface area contributed by atoms with Crippen LogP contribution in [-0.4, -0.2) is 34.9 Å². The van der Waals surface area contributed by atoms with E-state index in [9.17, 15) is 4.39 Å². The highest BCUT2D eigenvalue weighted by Crippen LogP contribution is 2.42. The lowest BCUT2D eigenvalue weighted by molar-refractivity contribution is 0.464. The Kier molecular flexibility index (Phi) is 3.06. The summed E-state index contributed by atoms with van der Waals surface area (Å²) in [5.74, 6) is 0.493. The molecule has 0 amide bonds. The monoisotopic (exact) mass is 246 g/mol. The van der Waals surface area contributed by atoms with Crippen LogP contribution in [0.1, 0.15) is 12.0 Å². The van der Waals surface area contributed by atoms with Gasteiger partial charge in [-0.25, -0.2) is 4.39 Å². The highest BCUT2D eigenvalue weighted by molar-refractivity contribution is 5.94. The number of H-pyrrole nitrogens is 1. The van der Waals surface area contributed by atoms with E-state index in [0.717, 1.165) is 29.4 Å². The fourth-order valence-corrected chi connectivity index (χ4v) is 2.23. The van der Waals surface area contributed by atoms with Crippen molar-refractivity contribution >= 4 is 16.5 Å². The summed E-state index contributed by atoms with van der Waals surface area (Å²) in [6.45, 7) is 0.989. The zero-order chi connectivity index (χ0) is 12.4. The number of aromatic nitrogens is 3. The van der Waals surface area contributed by atoms with Crippen LogP contribution in [0, 0.1) is 5.92 Å². The number of hydrogen-bond donors (Lipinski definition) is 2. The average Bonchev–Trinajstić information content (AvgIpc) is 2.99. The lowest BCUT2D eigenvalue weighted by Crippen LogP contribution is -2.18. The first-order valence-electron chi connectivity index (χ1n) is 6.16. The van der Waals surface area contributed by atoms with E-state index < -0.39 is 0 Å². The van der Waals surface area contributed by atoms with Crippen LogP contribution in [-0.2, 0) is 0 Å². The smallest absolute Gasteiger partial charge is 0.102 e. The molecular formula is C13H15FN4. The van der Waals surface area contributed by atoms with Crippen LogP contribution in [0.25, 0.3) is 16.5 Å². The van der Waals surface area contributed by atoms with Gasteiger partial charge >= 0.3 is 0 Å². The minimum Gasteiger partial charge on any atom is -0.314 e. The van der Waals surface area contributed by atoms with E-state index in [4.69, 9.17) is 0 Å². The number of nitrogens with one attached hydrogen (secondary N) is 2. The third-order valence-corrected chi connectivity index (χ3v) is 3.24. The molecule has 5 heteroatoms. The van der Waals surface area contributed by atoms with Crippen molar-refractivity contribution < 1.29 is 4.39 Å². The first-order chi connectivity index (χ1) is 8.90. The number of pyridine rings is 1. The second kappa shape index (κ2) is 4.86. The number of allylic oxidation sites excluding steroid dienone is 2. The number of hydrogen-bond acceptors (Lipinski definition) is 3. The van der Waals surface area contributed by atoms with Crippen LogP contribution in [0.3, 0.4) is 0 Å². The summed E-state index contributed by atoms with van der Waals surface area (Å²) in [7, 11) is 0. The Labute approximate surface area is 104 Å². The minimum atomic E-state index is -0.303. The van der Waals surface area contributed by atoms with Crippen LogP contribution >= 0.6 is 0 Å². The molecule has 0 aromatic carbocycles. The fourth-order valence-electron chi connectivity index (χ4n) is 2.23. The molecule has 2 aromatic heterocycles. The fraction of sp³-hybridized carbons (Fsp3) is 0.385. The van der Waals surface area contributed by atoms with Gasteiger partial charge in [0.2, 0.25) is 0 Å². The molecule has 0 spiro atoms. The summed E-state index contributed by atoms with van der Waals surface area (Å²) in [4.78, 5) is 4.22. The Bertz CT molecular complexity index is 575. The molecule has 0 saturated heterocycles. The highest BCUT2D eigenvalue weighted by atomic mass is 19.1. The van der Waals surface area contributed by atoms with E-state index in [-0.39, 0.29) is 6.67 Å². The quantitative estimate of drug-likeness (QED) is 0.766. The second-order valence-electron chi connectivity index (χ2n) is 4.48. The molecule has 18 heavy (non-hydrogen) atoms. The van der Waals surface area contributed by atoms with Crippen molar-refractivity contribution in [2.24, 2.45) is 5.92 Å². The Morgan fingerprint density at radius 1 is 1.28 bits per heavy atom. The van der Waals surface area contributed by atoms with Gasteiger partial charge in [-0.15, -0.1) is 0 Å². The Morgan fingerprint density at radius 2 is 2.22 bits per heavy atom. The zero-order valence-corrected chi connectivity index (χ0v) is 9.99. The molecule has 0 radical (unpaired) electrons. The lowest BCUT2D eigenvalue weighted by Gasteiger charge is -2.03. The summed E-state index contributed by atoms with van der Waals surface area (Å²) in [5, 5.41) is 11.2. The molecule has 4 nitrogen and oxygen atoms in total. The largest absolute Gasteiger partial charge is 0.314 e. The molecule has 94 valence electrons. The molecule has 2 N–H and O–H groups in total. The third kappa shape index (κ3) is 2.13. The SMILES string of the molecule is FCCNCCC1C=C1c1cncc2cn[nH]c12. The van der Waals surface area contributed by atoms with Gasteiger partial charge < -0.3 is 5.32 Å². The number of alkyl halides is 1. The first-order valence-corrected chi connectivity index (χ1v) is 6.16. The molecule has 0 fully saturated rings. The predicted molar refractivity (Wildman–Crippen MR) is 68.8 cm³/mol. The van der Waals surface area contributed by atoms with Crippen molar-refractivity contribution in [3.05, 3.63) is 30.2 Å². The molecule has 0 aliphatic heterocycles. The molecule has 1 unspecified atom stereocenters. The van der Waals surface area contributed by atoms with Crippen molar-refractivity contribution in [1.29, 1.82) is 0 Å². The van der Waals surface area contributed by atoms with Gasteiger partial charge in [-0.2, -0.15) is 5.10 Å². The summed E-state index contributed by atoms with van der Waals surface area (Å²) in [5.41, 5.74) is 3.51. The molecule has 0 bridgehead atoms. The number of halogens is 1. The molecule has 1 aliphatic carbocycles. The average molecular weight is 246 g/mol. The van der Waals surface area contributed by atoms with Crippen molar-refractivity contribution in [1.82, 2.24) is 20.5 Å². The van der Waals surface area contributed by atoms with E-state index in [0.29, 0.717) is 12.5 Å². The Balaban J connectivity index is 1.63. The van der Waals surface area contributed by atoms with Gasteiger partial charge in [0.15, 0.2) is 0 Å². The number of rotatable bonds is 6. The van der Waals surface area contributed by atoms with Crippen molar-refractivity contribution in [2.45, 2.75) is 6.42 Å². The summed E-state index contributed by atoms with van der Waals surface area (Å²) in [6, 6.07) is 0. The van der Waals surface area contributed by atoms with Crippen LogP contribution in [0.2, 0.25) is 0 Å². The van der Waals surface area contributed by atoms with Crippen LogP contribution in [0.5, 0.6) is 0 Å². The topological polar surface area (TPSA) is 53.6 Å². The third-order valence-electron chi connectivity index (χ3n) is 3.24. The van der Waals surface area contributed by atoms with Gasteiger partial charge in [0, 0.05) is 35.8 Å². The molecule has 3 rings (SSSR count). The van der Waals surface area contributed by atoms with Crippen molar-refractivity contribution in [3.63, 3.8) is 0 Å². The maximum atomic E-state index is 11.9. The lowest BCUT2D eigenvalue weighted by atomic mass is 10.1. The molecule has 1 aliphatic rings. The van der Waals surface area contributed by atoms with E-state index in [1.165, 1.54) is 5.57 Å². The maximum Gasteiger partial charge on any atom is 0.102 e. The van der Waals surface area contributed by atoms with E-state index in [2.05, 4.69) is 26.6 Å². The number of fused-ring (bicyclic) bond motifs is 1. The normalized spacial score (nSPS) is 18.1. The van der Waals surface area contributed by atoms with Crippen LogP contribution in [0.4, 0.5) is 4.39 Å². The first kappa shape index (κ1) is 11.3. The van der Waals surface area contributed by atoms with E-state index >= 15 is 0 Å². The van der Waals surface area contributed by atoms with Crippen molar-refractivity contribution in [3.8, 4) is 0 Å². The van der Waals surface area contributed by atoms with Gasteiger partial charge in [-0.05, 0) is 18.5 Å². The molecular weight excluding hydrogens is 231 g/mol. The van der Waals surface area contributed by atoms with Gasteiger partial charge in [-0.3, -0.25) is 10.1 Å². The predicted octanol–water partition coefficient (Wildman–Crippen LogP) is 1.92. The van der Waals surface area contributed by atoms with Gasteiger partial charge in [0.1, 0.15) is 6.67 Å². The number of nitrogens with zero attached hydrogens (tertiary/aromatic N) is 2. The maximum absolute atomic E-state index is 11.9. The second-order valence-corrected chi connectivity index (χ2v) is 4.48. The number of aromatic amines is 1. The van der Waals surface area contributed by atoms with E-state index in [1.54, 1.807) is 6.20 Å². The van der Waals surface area contributed by atoms with Crippen molar-refractivity contribution in [2.75, 3.05) is 19.8 Å². The summed E-state index contributed by atoms with van der Waals surface area (Å²) in [6.07, 6.45) is 8.71. The van der Waals surface area contributed by atoms with Gasteiger partial charge in [0.05, 0.1) is 11.7 Å². The van der Waals surface area contributed by atoms with E-state index in [1.807, 2.05) is 12.4 Å². The highest BCUT2D eigenvalue weighted by Gasteiger charge is 2.27. The van der Waals surface area contributed by atoms with Gasteiger partial charge in [0.25, 0.3) is 0 Å². The molecule has 1 atom stereocenters. The summed E-state index contributed by atoms with van der Waals surface area (Å²) < 4.78 is 11.9. The standard InChI is InChI=1S/C13H15FN4/c14-2-4-15-3-1-9-5-11(9)12-8-16-6-10-7-17-18-13(10)12/h5-9,15H,1-4H2,(H,17,18). The summed E-state index contributed by atoms with van der Waals surface area (Å²) >= 11 is 0. The Morgan fingerprint density at radius 3 is 3.11 bits per heavy atom. The molecule has 2 aromatic rings. The van der Waals surface area contributed by atoms with Gasteiger partial charge in [-0.1, -0.05) is 6.08 Å².